The van der Waals surface area contributed by atoms with Gasteiger partial charge in [0.1, 0.15) is 48.8 Å². The SMILES string of the molecule is Cc1nc(-c2ccc(C(C)(C)C)cc2)nc(C)c1C(=O)NC(CCN)C(=O)N(C)[C@@H]1C(=O)N[C@@H](C)C(=O)N[C@H](C(=O)NCC#N)Cc2ccc(O)c(c2)-c2cc1ccc2OCCNCCN. The van der Waals surface area contributed by atoms with Crippen molar-refractivity contribution in [3.63, 3.8) is 0 Å². The van der Waals surface area contributed by atoms with Crippen LogP contribution >= 0.6 is 0 Å². The van der Waals surface area contributed by atoms with Gasteiger partial charge in [-0.3, -0.25) is 24.0 Å². The van der Waals surface area contributed by atoms with Crippen LogP contribution in [0.2, 0.25) is 0 Å². The van der Waals surface area contributed by atoms with Gasteiger partial charge in [-0.1, -0.05) is 57.2 Å². The van der Waals surface area contributed by atoms with E-state index in [0.717, 1.165) is 16.0 Å². The molecule has 4 bridgehead atoms. The number of carbonyl (C=O) groups is 5. The first-order valence-electron chi connectivity index (χ1n) is 21.9. The monoisotopic (exact) mass is 903 g/mol. The number of aryl methyl sites for hydroxylation is 2. The Bertz CT molecular complexity index is 2440. The molecule has 10 N–H and O–H groups in total. The Morgan fingerprint density at radius 1 is 0.955 bits per heavy atom. The molecule has 0 radical (unpaired) electrons. The summed E-state index contributed by atoms with van der Waals surface area (Å²) < 4.78 is 6.20. The predicted molar refractivity (Wildman–Crippen MR) is 249 cm³/mol. The highest BCUT2D eigenvalue weighted by Crippen LogP contribution is 2.39. The third kappa shape index (κ3) is 12.2. The van der Waals surface area contributed by atoms with Crippen LogP contribution in [0.3, 0.4) is 0 Å². The van der Waals surface area contributed by atoms with Crippen molar-refractivity contribution in [2.45, 2.75) is 84.0 Å². The third-order valence-electron chi connectivity index (χ3n) is 11.2. The normalized spacial score (nSPS) is 16.7. The van der Waals surface area contributed by atoms with Crippen LogP contribution in [0, 0.1) is 25.2 Å². The van der Waals surface area contributed by atoms with Crippen molar-refractivity contribution >= 4 is 29.5 Å². The van der Waals surface area contributed by atoms with Crippen molar-refractivity contribution in [1.82, 2.24) is 41.5 Å². The maximum atomic E-state index is 14.7. The zero-order valence-electron chi connectivity index (χ0n) is 38.6. The largest absolute Gasteiger partial charge is 0.507 e. The molecule has 1 unspecified atom stereocenters. The Kier molecular flexibility index (Phi) is 16.9. The fourth-order valence-electron chi connectivity index (χ4n) is 7.66. The van der Waals surface area contributed by atoms with Crippen molar-refractivity contribution in [2.24, 2.45) is 11.5 Å². The van der Waals surface area contributed by atoms with Gasteiger partial charge in [0.25, 0.3) is 5.91 Å². The lowest BCUT2D eigenvalue weighted by molar-refractivity contribution is -0.141. The van der Waals surface area contributed by atoms with Crippen molar-refractivity contribution in [3.05, 3.63) is 94.3 Å². The number of aromatic nitrogens is 2. The number of amides is 5. The van der Waals surface area contributed by atoms with Crippen molar-refractivity contribution in [1.29, 1.82) is 5.26 Å². The van der Waals surface area contributed by atoms with E-state index in [1.54, 1.807) is 44.2 Å². The average molecular weight is 904 g/mol. The highest BCUT2D eigenvalue weighted by molar-refractivity contribution is 6.00. The van der Waals surface area contributed by atoms with Crippen molar-refractivity contribution in [3.8, 4) is 40.1 Å². The standard InChI is InChI=1S/C48H61N11O7/c1-27-40(28(2)55-42(54-27)31-9-12-33(13-10-31)48(4,5)6)45(63)57-36(16-17-49)47(65)59(7)41-32-11-15-39(66-23-22-52-20-18-50)35(26-32)34-24-30(8-14-38(34)60)25-37(44(62)53-21-19-51)58-43(61)29(3)56-46(41)64/h8-15,24,26,29,36-37,41,52,60H,16-18,20-23,25,49-50H2,1-7H3,(H,53,62)(H,56,64)(H,57,63)(H,58,61)/t29-,36?,37-,41-/m0/s1. The average Bonchev–Trinajstić information content (AvgIpc) is 3.27. The van der Waals surface area contributed by atoms with Gasteiger partial charge in [-0.2, -0.15) is 5.26 Å². The number of nitrogens with two attached hydrogens (primary N) is 2. The Labute approximate surface area is 385 Å². The number of nitrogens with one attached hydrogen (secondary N) is 5. The molecule has 0 fully saturated rings. The minimum absolute atomic E-state index is 0.00833. The summed E-state index contributed by atoms with van der Waals surface area (Å²) in [5.74, 6) is -2.81. The summed E-state index contributed by atoms with van der Waals surface area (Å²) in [5.41, 5.74) is 15.9. The number of rotatable bonds is 15. The van der Waals surface area contributed by atoms with E-state index >= 15 is 0 Å². The van der Waals surface area contributed by atoms with E-state index in [9.17, 15) is 29.1 Å². The fourth-order valence-corrected chi connectivity index (χ4v) is 7.66. The molecule has 1 aliphatic rings. The molecular formula is C48H61N11O7. The van der Waals surface area contributed by atoms with Gasteiger partial charge < -0.3 is 52.8 Å². The molecule has 350 valence electrons. The number of carbonyl (C=O) groups excluding carboxylic acids is 5. The second-order valence-electron chi connectivity index (χ2n) is 17.2. The van der Waals surface area contributed by atoms with Gasteiger partial charge in [-0.15, -0.1) is 0 Å². The Balaban J connectivity index is 1.54. The second-order valence-corrected chi connectivity index (χ2v) is 17.2. The summed E-state index contributed by atoms with van der Waals surface area (Å²) in [6.45, 7) is 12.5. The summed E-state index contributed by atoms with van der Waals surface area (Å²) >= 11 is 0. The third-order valence-corrected chi connectivity index (χ3v) is 11.2. The van der Waals surface area contributed by atoms with Crippen LogP contribution in [0.25, 0.3) is 22.5 Å². The van der Waals surface area contributed by atoms with Crippen LogP contribution in [0.15, 0.2) is 60.7 Å². The molecule has 4 atom stereocenters. The molecule has 1 aromatic heterocycles. The summed E-state index contributed by atoms with van der Waals surface area (Å²) in [6, 6.07) is 14.2. The van der Waals surface area contributed by atoms with Crippen LogP contribution in [0.5, 0.6) is 11.5 Å². The summed E-state index contributed by atoms with van der Waals surface area (Å²) in [5, 5.41) is 34.3. The maximum absolute atomic E-state index is 14.7. The Morgan fingerprint density at radius 3 is 2.29 bits per heavy atom. The molecule has 5 amide bonds. The highest BCUT2D eigenvalue weighted by atomic mass is 16.5. The number of hydrogen-bond acceptors (Lipinski definition) is 13. The van der Waals surface area contributed by atoms with Crippen LogP contribution in [-0.4, -0.2) is 114 Å². The van der Waals surface area contributed by atoms with Gasteiger partial charge in [0.2, 0.25) is 23.6 Å². The summed E-state index contributed by atoms with van der Waals surface area (Å²) in [4.78, 5) is 80.7. The number of likely N-dealkylation sites (N-methyl/N-ethyl adjacent to an activating group) is 1. The van der Waals surface area contributed by atoms with Crippen LogP contribution in [0.1, 0.15) is 78.6 Å². The number of ether oxygens (including phenoxy) is 1. The van der Waals surface area contributed by atoms with E-state index in [1.165, 1.54) is 20.0 Å². The van der Waals surface area contributed by atoms with E-state index < -0.39 is 53.7 Å². The van der Waals surface area contributed by atoms with E-state index in [2.05, 4.69) is 57.3 Å². The molecule has 18 heteroatoms. The molecule has 3 aromatic carbocycles. The molecule has 66 heavy (non-hydrogen) atoms. The van der Waals surface area contributed by atoms with Crippen molar-refractivity contribution in [2.75, 3.05) is 46.4 Å². The zero-order chi connectivity index (χ0) is 48.3. The van der Waals surface area contributed by atoms with Gasteiger partial charge in [0.05, 0.1) is 23.0 Å². The number of phenols is 1. The molecule has 5 rings (SSSR count). The predicted octanol–water partition coefficient (Wildman–Crippen LogP) is 2.19. The number of aromatic hydroxyl groups is 1. The lowest BCUT2D eigenvalue weighted by atomic mass is 9.86. The first-order chi connectivity index (χ1) is 31.4. The lowest BCUT2D eigenvalue weighted by Crippen LogP contribution is -2.56. The number of benzene rings is 3. The number of phenolic OH excluding ortho intramolecular Hbond substituents is 1. The quantitative estimate of drug-likeness (QED) is 0.0629. The van der Waals surface area contributed by atoms with Gasteiger partial charge in [0.15, 0.2) is 5.82 Å². The topological polar surface area (TPSA) is 280 Å². The first kappa shape index (κ1) is 50.1. The molecule has 4 aromatic rings. The smallest absolute Gasteiger partial charge is 0.255 e. The van der Waals surface area contributed by atoms with Crippen molar-refractivity contribution < 1.29 is 33.8 Å². The molecule has 0 saturated carbocycles. The maximum Gasteiger partial charge on any atom is 0.255 e. The molecule has 2 heterocycles. The fraction of sp³-hybridized carbons (Fsp3) is 0.417. The number of nitrogens with zero attached hydrogens (tertiary/aromatic N) is 4. The van der Waals surface area contributed by atoms with Gasteiger partial charge in [0, 0.05) is 49.8 Å². The van der Waals surface area contributed by atoms with E-state index in [1.807, 2.05) is 30.3 Å². The number of hydrogen-bond donors (Lipinski definition) is 8. The molecule has 1 aliphatic heterocycles. The van der Waals surface area contributed by atoms with Gasteiger partial charge in [-0.05, 0) is 80.1 Å². The summed E-state index contributed by atoms with van der Waals surface area (Å²) in [6.07, 6.45) is -0.0456. The molecule has 0 spiro atoms. The van der Waals surface area contributed by atoms with E-state index in [0.29, 0.717) is 53.7 Å². The minimum Gasteiger partial charge on any atom is -0.507 e. The Hall–Kier alpha value is -6.94. The van der Waals surface area contributed by atoms with Crippen LogP contribution < -0.4 is 42.8 Å². The summed E-state index contributed by atoms with van der Waals surface area (Å²) in [7, 11) is 1.40. The molecular weight excluding hydrogens is 843 g/mol. The van der Waals surface area contributed by atoms with E-state index in [4.69, 9.17) is 21.5 Å². The minimum atomic E-state index is -1.43. The highest BCUT2D eigenvalue weighted by Gasteiger charge is 2.36. The van der Waals surface area contributed by atoms with Gasteiger partial charge in [-0.25, -0.2) is 9.97 Å². The lowest BCUT2D eigenvalue weighted by Gasteiger charge is -2.32. The number of nitriles is 1. The second kappa shape index (κ2) is 22.3. The van der Waals surface area contributed by atoms with Crippen LogP contribution in [-0.2, 0) is 31.0 Å². The molecule has 0 aliphatic carbocycles. The van der Waals surface area contributed by atoms with E-state index in [-0.39, 0.29) is 60.4 Å². The Morgan fingerprint density at radius 2 is 1.65 bits per heavy atom. The first-order valence-corrected chi connectivity index (χ1v) is 21.9. The van der Waals surface area contributed by atoms with Crippen LogP contribution in [0.4, 0.5) is 0 Å². The number of fused-ring (bicyclic) bond motifs is 5. The molecule has 0 saturated heterocycles. The molecule has 18 nitrogen and oxygen atoms in total. The zero-order valence-corrected chi connectivity index (χ0v) is 38.6. The van der Waals surface area contributed by atoms with Gasteiger partial charge >= 0.3 is 0 Å².